The molecule has 0 atom stereocenters. The van der Waals surface area contributed by atoms with Gasteiger partial charge in [0.05, 0.1) is 5.02 Å². The van der Waals surface area contributed by atoms with Crippen molar-refractivity contribution in [3.05, 3.63) is 47.2 Å². The molecule has 2 nitrogen and oxygen atoms in total. The molecule has 0 amide bonds. The van der Waals surface area contributed by atoms with Gasteiger partial charge in [0.25, 0.3) is 0 Å². The normalized spacial score (nSPS) is 11.5. The monoisotopic (exact) mass is 246 g/mol. The van der Waals surface area contributed by atoms with E-state index in [1.165, 1.54) is 5.56 Å². The molecular formula is C14H15ClN2. The Kier molecular flexibility index (Phi) is 3.16. The van der Waals surface area contributed by atoms with Crippen LogP contribution in [-0.4, -0.2) is 9.97 Å². The number of aromatic nitrogens is 2. The summed E-state index contributed by atoms with van der Waals surface area (Å²) in [5.74, 6) is 0.665. The fourth-order valence-electron chi connectivity index (χ4n) is 1.60. The number of halogens is 1. The van der Waals surface area contributed by atoms with Crippen molar-refractivity contribution >= 4 is 11.6 Å². The van der Waals surface area contributed by atoms with Gasteiger partial charge in [0.2, 0.25) is 0 Å². The Morgan fingerprint density at radius 2 is 1.71 bits per heavy atom. The van der Waals surface area contributed by atoms with E-state index < -0.39 is 0 Å². The van der Waals surface area contributed by atoms with Gasteiger partial charge in [-0.15, -0.1) is 0 Å². The maximum atomic E-state index is 6.29. The average Bonchev–Trinajstić information content (AvgIpc) is 2.29. The highest BCUT2D eigenvalue weighted by Gasteiger charge is 2.15. The lowest BCUT2D eigenvalue weighted by Gasteiger charge is -2.19. The number of hydrogen-bond acceptors (Lipinski definition) is 2. The number of rotatable bonds is 1. The molecule has 0 unspecified atom stereocenters. The van der Waals surface area contributed by atoms with Gasteiger partial charge in [-0.25, -0.2) is 9.97 Å². The molecule has 0 N–H and O–H groups in total. The van der Waals surface area contributed by atoms with Crippen molar-refractivity contribution in [2.75, 3.05) is 0 Å². The standard InChI is InChI=1S/C14H15ClN2/c1-14(2,3)10-5-6-11(12(15)9-10)13-16-7-4-8-17-13/h4-9H,1-3H3. The predicted octanol–water partition coefficient (Wildman–Crippen LogP) is 4.09. The molecule has 0 aliphatic heterocycles. The first-order valence-electron chi connectivity index (χ1n) is 5.56. The summed E-state index contributed by atoms with van der Waals surface area (Å²) in [6.45, 7) is 6.49. The molecule has 0 bridgehead atoms. The maximum Gasteiger partial charge on any atom is 0.160 e. The quantitative estimate of drug-likeness (QED) is 0.757. The van der Waals surface area contributed by atoms with Crippen LogP contribution in [0.3, 0.4) is 0 Å². The van der Waals surface area contributed by atoms with Crippen LogP contribution in [0.5, 0.6) is 0 Å². The van der Waals surface area contributed by atoms with Gasteiger partial charge in [-0.05, 0) is 29.2 Å². The van der Waals surface area contributed by atoms with Crippen molar-refractivity contribution in [2.24, 2.45) is 0 Å². The summed E-state index contributed by atoms with van der Waals surface area (Å²) >= 11 is 6.29. The van der Waals surface area contributed by atoms with E-state index in [-0.39, 0.29) is 5.41 Å². The molecule has 0 aliphatic carbocycles. The minimum atomic E-state index is 0.0969. The third-order valence-electron chi connectivity index (χ3n) is 2.64. The van der Waals surface area contributed by atoms with Crippen LogP contribution in [0, 0.1) is 0 Å². The van der Waals surface area contributed by atoms with Crippen LogP contribution in [0.25, 0.3) is 11.4 Å². The molecule has 0 spiro atoms. The van der Waals surface area contributed by atoms with E-state index in [0.29, 0.717) is 10.8 Å². The maximum absolute atomic E-state index is 6.29. The molecule has 1 aromatic heterocycles. The predicted molar refractivity (Wildman–Crippen MR) is 71.2 cm³/mol. The van der Waals surface area contributed by atoms with Crippen molar-refractivity contribution in [3.63, 3.8) is 0 Å². The molecular weight excluding hydrogens is 232 g/mol. The highest BCUT2D eigenvalue weighted by atomic mass is 35.5. The van der Waals surface area contributed by atoms with Crippen molar-refractivity contribution in [1.82, 2.24) is 9.97 Å². The van der Waals surface area contributed by atoms with E-state index in [9.17, 15) is 0 Å². The first-order valence-corrected chi connectivity index (χ1v) is 5.94. The lowest BCUT2D eigenvalue weighted by molar-refractivity contribution is 0.590. The molecule has 88 valence electrons. The van der Waals surface area contributed by atoms with E-state index in [1.54, 1.807) is 18.5 Å². The van der Waals surface area contributed by atoms with E-state index in [2.05, 4.69) is 36.8 Å². The SMILES string of the molecule is CC(C)(C)c1ccc(-c2ncccn2)c(Cl)c1. The van der Waals surface area contributed by atoms with Gasteiger partial charge in [0.1, 0.15) is 0 Å². The summed E-state index contributed by atoms with van der Waals surface area (Å²) in [6, 6.07) is 7.85. The number of nitrogens with zero attached hydrogens (tertiary/aromatic N) is 2. The van der Waals surface area contributed by atoms with E-state index in [0.717, 1.165) is 5.56 Å². The summed E-state index contributed by atoms with van der Waals surface area (Å²) in [5.41, 5.74) is 2.18. The Morgan fingerprint density at radius 3 is 2.24 bits per heavy atom. The molecule has 0 saturated carbocycles. The van der Waals surface area contributed by atoms with Gasteiger partial charge in [0, 0.05) is 18.0 Å². The molecule has 0 aliphatic rings. The largest absolute Gasteiger partial charge is 0.237 e. The molecule has 2 rings (SSSR count). The third kappa shape index (κ3) is 2.64. The summed E-state index contributed by atoms with van der Waals surface area (Å²) in [6.07, 6.45) is 3.44. The van der Waals surface area contributed by atoms with Gasteiger partial charge in [0.15, 0.2) is 5.82 Å². The highest BCUT2D eigenvalue weighted by molar-refractivity contribution is 6.33. The smallest absolute Gasteiger partial charge is 0.160 e. The van der Waals surface area contributed by atoms with Crippen LogP contribution in [0.1, 0.15) is 26.3 Å². The van der Waals surface area contributed by atoms with Crippen LogP contribution in [0.15, 0.2) is 36.7 Å². The zero-order valence-electron chi connectivity index (χ0n) is 10.2. The molecule has 0 saturated heterocycles. The Balaban J connectivity index is 2.46. The van der Waals surface area contributed by atoms with Crippen molar-refractivity contribution < 1.29 is 0 Å². The van der Waals surface area contributed by atoms with Crippen LogP contribution < -0.4 is 0 Å². The summed E-state index contributed by atoms with van der Waals surface area (Å²) in [5, 5.41) is 0.698. The Labute approximate surface area is 107 Å². The zero-order chi connectivity index (χ0) is 12.5. The molecule has 0 radical (unpaired) electrons. The number of benzene rings is 1. The second-order valence-corrected chi connectivity index (χ2v) is 5.42. The Hall–Kier alpha value is -1.41. The van der Waals surface area contributed by atoms with Gasteiger partial charge >= 0.3 is 0 Å². The molecule has 17 heavy (non-hydrogen) atoms. The minimum Gasteiger partial charge on any atom is -0.237 e. The van der Waals surface area contributed by atoms with Crippen LogP contribution in [0.4, 0.5) is 0 Å². The second-order valence-electron chi connectivity index (χ2n) is 5.02. The summed E-state index contributed by atoms with van der Waals surface area (Å²) < 4.78 is 0. The zero-order valence-corrected chi connectivity index (χ0v) is 11.0. The molecule has 2 aromatic rings. The molecule has 0 fully saturated rings. The fraction of sp³-hybridized carbons (Fsp3) is 0.286. The van der Waals surface area contributed by atoms with Crippen molar-refractivity contribution in [2.45, 2.75) is 26.2 Å². The minimum absolute atomic E-state index is 0.0969. The first kappa shape index (κ1) is 12.1. The van der Waals surface area contributed by atoms with Crippen molar-refractivity contribution in [1.29, 1.82) is 0 Å². The number of hydrogen-bond donors (Lipinski definition) is 0. The van der Waals surface area contributed by atoms with Crippen LogP contribution >= 0.6 is 11.6 Å². The summed E-state index contributed by atoms with van der Waals surface area (Å²) in [4.78, 5) is 8.41. The lowest BCUT2D eigenvalue weighted by Crippen LogP contribution is -2.10. The Morgan fingerprint density at radius 1 is 1.06 bits per heavy atom. The topological polar surface area (TPSA) is 25.8 Å². The van der Waals surface area contributed by atoms with Gasteiger partial charge < -0.3 is 0 Å². The van der Waals surface area contributed by atoms with E-state index in [1.807, 2.05) is 12.1 Å². The highest BCUT2D eigenvalue weighted by Crippen LogP contribution is 2.30. The second kappa shape index (κ2) is 4.46. The molecule has 1 aromatic carbocycles. The average molecular weight is 247 g/mol. The molecule has 1 heterocycles. The fourth-order valence-corrected chi connectivity index (χ4v) is 1.87. The van der Waals surface area contributed by atoms with Gasteiger partial charge in [-0.1, -0.05) is 38.4 Å². The van der Waals surface area contributed by atoms with E-state index >= 15 is 0 Å². The Bertz CT molecular complexity index is 515. The first-order chi connectivity index (χ1) is 7.98. The lowest BCUT2D eigenvalue weighted by atomic mass is 9.86. The van der Waals surface area contributed by atoms with Crippen LogP contribution in [-0.2, 0) is 5.41 Å². The van der Waals surface area contributed by atoms with Gasteiger partial charge in [-0.3, -0.25) is 0 Å². The van der Waals surface area contributed by atoms with Crippen LogP contribution in [0.2, 0.25) is 5.02 Å². The van der Waals surface area contributed by atoms with Gasteiger partial charge in [-0.2, -0.15) is 0 Å². The molecule has 3 heteroatoms. The third-order valence-corrected chi connectivity index (χ3v) is 2.95. The van der Waals surface area contributed by atoms with E-state index in [4.69, 9.17) is 11.6 Å². The summed E-state index contributed by atoms with van der Waals surface area (Å²) in [7, 11) is 0. The van der Waals surface area contributed by atoms with Crippen molar-refractivity contribution in [3.8, 4) is 11.4 Å².